The van der Waals surface area contributed by atoms with Gasteiger partial charge in [0.05, 0.1) is 4.90 Å². The molecule has 1 heterocycles. The van der Waals surface area contributed by atoms with E-state index in [4.69, 9.17) is 0 Å². The van der Waals surface area contributed by atoms with Gasteiger partial charge in [0.15, 0.2) is 0 Å². The highest BCUT2D eigenvalue weighted by molar-refractivity contribution is 7.89. The van der Waals surface area contributed by atoms with Crippen LogP contribution < -0.4 is 4.72 Å². The Morgan fingerprint density at radius 1 is 1.07 bits per heavy atom. The van der Waals surface area contributed by atoms with Crippen molar-refractivity contribution in [3.8, 4) is 0 Å². The van der Waals surface area contributed by atoms with Gasteiger partial charge < -0.3 is 4.90 Å². The van der Waals surface area contributed by atoms with Crippen LogP contribution in [0.2, 0.25) is 0 Å². The number of amides is 1. The molecule has 5 nitrogen and oxygen atoms in total. The maximum atomic E-state index is 13.3. The summed E-state index contributed by atoms with van der Waals surface area (Å²) in [5.74, 6) is -0.0680. The topological polar surface area (TPSA) is 66.5 Å². The molecular weight excluding hydrogens is 396 g/mol. The number of nitrogens with zero attached hydrogens (tertiary/aromatic N) is 1. The molecule has 1 N–H and O–H groups in total. The molecule has 2 fully saturated rings. The smallest absolute Gasteiger partial charge is 0.254 e. The van der Waals surface area contributed by atoms with Gasteiger partial charge in [0.1, 0.15) is 0 Å². The number of benzene rings is 2. The van der Waals surface area contributed by atoms with E-state index in [0.717, 1.165) is 31.4 Å². The zero-order valence-electron chi connectivity index (χ0n) is 17.9. The predicted molar refractivity (Wildman–Crippen MR) is 117 cm³/mol. The molecule has 2 bridgehead atoms. The second kappa shape index (κ2) is 7.50. The van der Waals surface area contributed by atoms with Crippen molar-refractivity contribution in [2.24, 2.45) is 10.8 Å². The summed E-state index contributed by atoms with van der Waals surface area (Å²) >= 11 is 0. The molecule has 160 valence electrons. The Balaban J connectivity index is 1.52. The fourth-order valence-corrected chi connectivity index (χ4v) is 6.58. The number of hydrogen-bond donors (Lipinski definition) is 1. The Bertz CT molecular complexity index is 1050. The molecule has 1 saturated carbocycles. The molecule has 1 aliphatic heterocycles. The van der Waals surface area contributed by atoms with Crippen LogP contribution in [-0.4, -0.2) is 31.8 Å². The zero-order valence-corrected chi connectivity index (χ0v) is 18.7. The van der Waals surface area contributed by atoms with Crippen molar-refractivity contribution in [2.45, 2.75) is 57.5 Å². The maximum Gasteiger partial charge on any atom is 0.254 e. The zero-order chi connectivity index (χ0) is 21.6. The van der Waals surface area contributed by atoms with Crippen molar-refractivity contribution in [3.05, 3.63) is 65.7 Å². The van der Waals surface area contributed by atoms with Crippen LogP contribution in [0, 0.1) is 10.8 Å². The number of sulfonamides is 1. The van der Waals surface area contributed by atoms with Crippen LogP contribution in [-0.2, 0) is 16.6 Å². The molecule has 2 atom stereocenters. The summed E-state index contributed by atoms with van der Waals surface area (Å²) in [4.78, 5) is 15.4. The third kappa shape index (κ3) is 4.30. The Labute approximate surface area is 179 Å². The predicted octanol–water partition coefficient (Wildman–Crippen LogP) is 4.21. The van der Waals surface area contributed by atoms with E-state index in [-0.39, 0.29) is 34.2 Å². The molecule has 0 spiro atoms. The molecule has 0 unspecified atom stereocenters. The highest BCUT2D eigenvalue weighted by Gasteiger charge is 2.51. The van der Waals surface area contributed by atoms with Gasteiger partial charge in [0.25, 0.3) is 5.91 Å². The van der Waals surface area contributed by atoms with E-state index < -0.39 is 10.0 Å². The van der Waals surface area contributed by atoms with Crippen LogP contribution in [0.15, 0.2) is 59.5 Å². The first kappa shape index (κ1) is 21.1. The average molecular weight is 427 g/mol. The van der Waals surface area contributed by atoms with E-state index in [2.05, 4.69) is 25.5 Å². The second-order valence-electron chi connectivity index (χ2n) is 9.98. The first-order chi connectivity index (χ1) is 14.1. The van der Waals surface area contributed by atoms with E-state index in [1.807, 2.05) is 35.2 Å². The molecule has 2 aromatic carbocycles. The van der Waals surface area contributed by atoms with Crippen molar-refractivity contribution < 1.29 is 13.2 Å². The summed E-state index contributed by atoms with van der Waals surface area (Å²) in [6.07, 6.45) is 3.13. The third-order valence-electron chi connectivity index (χ3n) is 6.38. The highest BCUT2D eigenvalue weighted by Crippen LogP contribution is 2.52. The monoisotopic (exact) mass is 426 g/mol. The van der Waals surface area contributed by atoms with Crippen LogP contribution in [0.25, 0.3) is 0 Å². The minimum Gasteiger partial charge on any atom is -0.335 e. The highest BCUT2D eigenvalue weighted by atomic mass is 32.2. The summed E-state index contributed by atoms with van der Waals surface area (Å²) < 4.78 is 28.2. The fourth-order valence-electron chi connectivity index (χ4n) is 5.52. The van der Waals surface area contributed by atoms with Crippen LogP contribution in [0.4, 0.5) is 0 Å². The molecule has 4 rings (SSSR count). The van der Waals surface area contributed by atoms with Gasteiger partial charge in [-0.2, -0.15) is 0 Å². The summed E-state index contributed by atoms with van der Waals surface area (Å²) in [5, 5.41) is 0. The summed E-state index contributed by atoms with van der Waals surface area (Å²) in [7, 11) is -3.71. The van der Waals surface area contributed by atoms with Gasteiger partial charge in [-0.25, -0.2) is 13.1 Å². The lowest BCUT2D eigenvalue weighted by Gasteiger charge is -2.39. The lowest BCUT2D eigenvalue weighted by Crippen LogP contribution is -2.37. The minimum atomic E-state index is -3.71. The lowest BCUT2D eigenvalue weighted by atomic mass is 9.65. The Hall–Kier alpha value is -2.18. The first-order valence-corrected chi connectivity index (χ1v) is 12.0. The quantitative estimate of drug-likeness (QED) is 0.779. The minimum absolute atomic E-state index is 0.0680. The van der Waals surface area contributed by atoms with Gasteiger partial charge in [-0.05, 0) is 53.9 Å². The van der Waals surface area contributed by atoms with E-state index in [1.54, 1.807) is 12.1 Å². The molecular formula is C24H30N2O3S. The second-order valence-corrected chi connectivity index (χ2v) is 11.8. The lowest BCUT2D eigenvalue weighted by molar-refractivity contribution is 0.0708. The molecule has 1 saturated heterocycles. The average Bonchev–Trinajstić information content (AvgIpc) is 2.95. The Morgan fingerprint density at radius 2 is 1.80 bits per heavy atom. The molecule has 30 heavy (non-hydrogen) atoms. The van der Waals surface area contributed by atoms with E-state index in [0.29, 0.717) is 5.56 Å². The van der Waals surface area contributed by atoms with E-state index >= 15 is 0 Å². The summed E-state index contributed by atoms with van der Waals surface area (Å²) in [5.41, 5.74) is 1.68. The number of fused-ring (bicyclic) bond motifs is 2. The third-order valence-corrected chi connectivity index (χ3v) is 7.78. The molecule has 1 amide bonds. The standard InChI is InChI=1S/C24H30N2O3S/c1-23(2)13-20-14-24(3,16-23)17-26(20)22(27)19-10-7-11-21(12-19)30(28,29)25-15-18-8-5-4-6-9-18/h4-12,20,25H,13-17H2,1-3H3/t20-,24+/m1/s1. The van der Waals surface area contributed by atoms with Gasteiger partial charge in [0, 0.05) is 24.7 Å². The number of carbonyl (C=O) groups excluding carboxylic acids is 1. The molecule has 2 aliphatic rings. The van der Waals surface area contributed by atoms with Gasteiger partial charge in [-0.3, -0.25) is 4.79 Å². The van der Waals surface area contributed by atoms with Crippen LogP contribution in [0.5, 0.6) is 0 Å². The number of rotatable bonds is 5. The maximum absolute atomic E-state index is 13.3. The van der Waals surface area contributed by atoms with Crippen molar-refractivity contribution in [1.29, 1.82) is 0 Å². The van der Waals surface area contributed by atoms with Gasteiger partial charge in [0.2, 0.25) is 10.0 Å². The fraction of sp³-hybridized carbons (Fsp3) is 0.458. The van der Waals surface area contributed by atoms with Crippen molar-refractivity contribution in [2.75, 3.05) is 6.54 Å². The summed E-state index contributed by atoms with van der Waals surface area (Å²) in [6, 6.07) is 16.0. The van der Waals surface area contributed by atoms with Crippen molar-refractivity contribution in [1.82, 2.24) is 9.62 Å². The normalized spacial score (nSPS) is 25.3. The van der Waals surface area contributed by atoms with Gasteiger partial charge in [-0.1, -0.05) is 57.2 Å². The SMILES string of the molecule is CC1(C)C[C@@H]2C[C@](C)(CN2C(=O)c2cccc(S(=O)(=O)NCc3ccccc3)c2)C1. The van der Waals surface area contributed by atoms with Gasteiger partial charge >= 0.3 is 0 Å². The molecule has 2 aromatic rings. The first-order valence-electron chi connectivity index (χ1n) is 10.5. The molecule has 1 aliphatic carbocycles. The van der Waals surface area contributed by atoms with E-state index in [1.165, 1.54) is 12.1 Å². The largest absolute Gasteiger partial charge is 0.335 e. The van der Waals surface area contributed by atoms with Crippen molar-refractivity contribution in [3.63, 3.8) is 0 Å². The van der Waals surface area contributed by atoms with Crippen molar-refractivity contribution >= 4 is 15.9 Å². The number of nitrogens with one attached hydrogen (secondary N) is 1. The van der Waals surface area contributed by atoms with Gasteiger partial charge in [-0.15, -0.1) is 0 Å². The molecule has 0 radical (unpaired) electrons. The number of hydrogen-bond acceptors (Lipinski definition) is 3. The van der Waals surface area contributed by atoms with E-state index in [9.17, 15) is 13.2 Å². The van der Waals surface area contributed by atoms with Crippen LogP contribution >= 0.6 is 0 Å². The molecule has 6 heteroatoms. The van der Waals surface area contributed by atoms with Crippen LogP contribution in [0.1, 0.15) is 56.0 Å². The summed E-state index contributed by atoms with van der Waals surface area (Å²) in [6.45, 7) is 7.77. The Morgan fingerprint density at radius 3 is 2.53 bits per heavy atom. The Kier molecular flexibility index (Phi) is 5.27. The van der Waals surface area contributed by atoms with Crippen LogP contribution in [0.3, 0.4) is 0 Å². The number of carbonyl (C=O) groups is 1. The number of likely N-dealkylation sites (tertiary alicyclic amines) is 1. The molecule has 0 aromatic heterocycles.